The molecule has 3 N–H and O–H groups in total. The monoisotopic (exact) mass is 250 g/mol. The minimum absolute atomic E-state index is 0.0412. The van der Waals surface area contributed by atoms with Gasteiger partial charge in [0.05, 0.1) is 22.5 Å². The van der Waals surface area contributed by atoms with Crippen molar-refractivity contribution in [3.05, 3.63) is 11.4 Å². The predicted octanol–water partition coefficient (Wildman–Crippen LogP) is 1.76. The van der Waals surface area contributed by atoms with Crippen LogP contribution in [0.2, 0.25) is 0 Å². The minimum atomic E-state index is -0.321. The van der Waals surface area contributed by atoms with Gasteiger partial charge in [-0.15, -0.1) is 0 Å². The van der Waals surface area contributed by atoms with E-state index >= 15 is 0 Å². The molecule has 1 aliphatic carbocycles. The van der Waals surface area contributed by atoms with Crippen molar-refractivity contribution in [3.8, 4) is 0 Å². The number of carbonyl (C=O) groups excluding carboxylic acids is 1. The summed E-state index contributed by atoms with van der Waals surface area (Å²) in [5.74, 6) is 0.0412. The van der Waals surface area contributed by atoms with Crippen LogP contribution >= 0.6 is 0 Å². The summed E-state index contributed by atoms with van der Waals surface area (Å²) in [7, 11) is 0. The van der Waals surface area contributed by atoms with Crippen molar-refractivity contribution in [2.24, 2.45) is 11.1 Å². The molecule has 1 aromatic heterocycles. The average molecular weight is 250 g/mol. The standard InChI is InChI=1S/C13H22N4O/c1-8(2)17-10(4)11(9(3)16-17)15-12(18)13(7-14)5-6-13/h8H,5-7,14H2,1-4H3,(H,15,18). The van der Waals surface area contributed by atoms with Gasteiger partial charge in [0.2, 0.25) is 5.91 Å². The summed E-state index contributed by atoms with van der Waals surface area (Å²) >= 11 is 0. The summed E-state index contributed by atoms with van der Waals surface area (Å²) in [6.07, 6.45) is 1.79. The first-order valence-corrected chi connectivity index (χ1v) is 6.48. The molecule has 1 saturated carbocycles. The molecule has 100 valence electrons. The van der Waals surface area contributed by atoms with Crippen LogP contribution < -0.4 is 11.1 Å². The summed E-state index contributed by atoms with van der Waals surface area (Å²) in [6.45, 7) is 8.48. The zero-order valence-corrected chi connectivity index (χ0v) is 11.6. The Morgan fingerprint density at radius 2 is 2.11 bits per heavy atom. The van der Waals surface area contributed by atoms with Crippen LogP contribution in [0, 0.1) is 19.3 Å². The highest BCUT2D eigenvalue weighted by Gasteiger charge is 2.48. The molecule has 1 aromatic rings. The Bertz CT molecular complexity index is 472. The number of amides is 1. The van der Waals surface area contributed by atoms with Crippen molar-refractivity contribution in [1.29, 1.82) is 0 Å². The van der Waals surface area contributed by atoms with Gasteiger partial charge in [-0.3, -0.25) is 9.48 Å². The van der Waals surface area contributed by atoms with E-state index in [1.54, 1.807) is 0 Å². The Kier molecular flexibility index (Phi) is 3.19. The van der Waals surface area contributed by atoms with Gasteiger partial charge >= 0.3 is 0 Å². The highest BCUT2D eigenvalue weighted by molar-refractivity contribution is 5.98. The molecule has 0 bridgehead atoms. The maximum atomic E-state index is 12.2. The van der Waals surface area contributed by atoms with Crippen LogP contribution in [-0.4, -0.2) is 22.2 Å². The van der Waals surface area contributed by atoms with E-state index in [0.717, 1.165) is 29.9 Å². The molecule has 0 spiro atoms. The fraction of sp³-hybridized carbons (Fsp3) is 0.692. The number of anilines is 1. The van der Waals surface area contributed by atoms with Gasteiger partial charge < -0.3 is 11.1 Å². The molecule has 2 rings (SSSR count). The second-order valence-electron chi connectivity index (χ2n) is 5.52. The normalized spacial score (nSPS) is 17.0. The van der Waals surface area contributed by atoms with E-state index < -0.39 is 0 Å². The Balaban J connectivity index is 2.22. The van der Waals surface area contributed by atoms with Crippen molar-refractivity contribution in [3.63, 3.8) is 0 Å². The smallest absolute Gasteiger partial charge is 0.231 e. The first-order valence-electron chi connectivity index (χ1n) is 6.48. The largest absolute Gasteiger partial charge is 0.329 e. The van der Waals surface area contributed by atoms with Crippen LogP contribution in [0.15, 0.2) is 0 Å². The van der Waals surface area contributed by atoms with Gasteiger partial charge in [-0.05, 0) is 40.5 Å². The van der Waals surface area contributed by atoms with Gasteiger partial charge in [-0.1, -0.05) is 0 Å². The second kappa shape index (κ2) is 4.39. The lowest BCUT2D eigenvalue weighted by molar-refractivity contribution is -0.120. The Morgan fingerprint density at radius 3 is 2.50 bits per heavy atom. The zero-order valence-electron chi connectivity index (χ0n) is 11.6. The van der Waals surface area contributed by atoms with Crippen LogP contribution in [0.25, 0.3) is 0 Å². The van der Waals surface area contributed by atoms with Crippen LogP contribution in [0.5, 0.6) is 0 Å². The van der Waals surface area contributed by atoms with Gasteiger partial charge in [0.25, 0.3) is 0 Å². The van der Waals surface area contributed by atoms with Gasteiger partial charge in [0, 0.05) is 12.6 Å². The predicted molar refractivity (Wildman–Crippen MR) is 71.4 cm³/mol. The molecule has 0 radical (unpaired) electrons. The van der Waals surface area contributed by atoms with Crippen LogP contribution in [0.1, 0.15) is 44.1 Å². The number of aryl methyl sites for hydroxylation is 1. The number of nitrogens with one attached hydrogen (secondary N) is 1. The summed E-state index contributed by atoms with van der Waals surface area (Å²) in [5, 5.41) is 7.47. The van der Waals surface area contributed by atoms with E-state index in [0.29, 0.717) is 12.6 Å². The molecule has 18 heavy (non-hydrogen) atoms. The molecule has 0 aromatic carbocycles. The lowest BCUT2D eigenvalue weighted by Gasteiger charge is -2.13. The maximum Gasteiger partial charge on any atom is 0.231 e. The number of aromatic nitrogens is 2. The molecular formula is C13H22N4O. The molecule has 0 aliphatic heterocycles. The summed E-state index contributed by atoms with van der Waals surface area (Å²) < 4.78 is 1.94. The highest BCUT2D eigenvalue weighted by Crippen LogP contribution is 2.45. The first kappa shape index (κ1) is 13.1. The SMILES string of the molecule is Cc1nn(C(C)C)c(C)c1NC(=O)C1(CN)CC1. The fourth-order valence-corrected chi connectivity index (χ4v) is 2.27. The zero-order chi connectivity index (χ0) is 13.5. The number of hydrogen-bond acceptors (Lipinski definition) is 3. The molecule has 5 heteroatoms. The number of nitrogens with two attached hydrogens (primary N) is 1. The van der Waals surface area contributed by atoms with Crippen molar-refractivity contribution in [1.82, 2.24) is 9.78 Å². The van der Waals surface area contributed by atoms with Crippen LogP contribution in [0.3, 0.4) is 0 Å². The fourth-order valence-electron chi connectivity index (χ4n) is 2.27. The van der Waals surface area contributed by atoms with Crippen molar-refractivity contribution < 1.29 is 4.79 Å². The van der Waals surface area contributed by atoms with E-state index in [-0.39, 0.29) is 11.3 Å². The molecule has 1 aliphatic rings. The van der Waals surface area contributed by atoms with Crippen LogP contribution in [-0.2, 0) is 4.79 Å². The lowest BCUT2D eigenvalue weighted by Crippen LogP contribution is -2.31. The maximum absolute atomic E-state index is 12.2. The van der Waals surface area contributed by atoms with Gasteiger partial charge in [0.1, 0.15) is 0 Å². The number of rotatable bonds is 4. The Hall–Kier alpha value is -1.36. The van der Waals surface area contributed by atoms with E-state index in [2.05, 4.69) is 24.3 Å². The molecule has 1 amide bonds. The average Bonchev–Trinajstić information content (AvgIpc) is 3.07. The summed E-state index contributed by atoms with van der Waals surface area (Å²) in [5.41, 5.74) is 8.06. The molecular weight excluding hydrogens is 228 g/mol. The number of hydrogen-bond donors (Lipinski definition) is 2. The van der Waals surface area contributed by atoms with Gasteiger partial charge in [-0.2, -0.15) is 5.10 Å². The Morgan fingerprint density at radius 1 is 1.50 bits per heavy atom. The molecule has 5 nitrogen and oxygen atoms in total. The second-order valence-corrected chi connectivity index (χ2v) is 5.52. The molecule has 0 atom stereocenters. The summed E-state index contributed by atoms with van der Waals surface area (Å²) in [4.78, 5) is 12.2. The van der Waals surface area contributed by atoms with Gasteiger partial charge in [-0.25, -0.2) is 0 Å². The Labute approximate surface area is 108 Å². The number of carbonyl (C=O) groups is 1. The minimum Gasteiger partial charge on any atom is -0.329 e. The molecule has 1 fully saturated rings. The topological polar surface area (TPSA) is 72.9 Å². The van der Waals surface area contributed by atoms with E-state index in [1.165, 1.54) is 0 Å². The van der Waals surface area contributed by atoms with Crippen molar-refractivity contribution in [2.45, 2.75) is 46.6 Å². The third kappa shape index (κ3) is 2.03. The van der Waals surface area contributed by atoms with Crippen molar-refractivity contribution in [2.75, 3.05) is 11.9 Å². The van der Waals surface area contributed by atoms with Crippen molar-refractivity contribution >= 4 is 11.6 Å². The third-order valence-electron chi connectivity index (χ3n) is 3.78. The molecule has 0 unspecified atom stereocenters. The van der Waals surface area contributed by atoms with E-state index in [4.69, 9.17) is 5.73 Å². The summed E-state index contributed by atoms with van der Waals surface area (Å²) in [6, 6.07) is 0.291. The highest BCUT2D eigenvalue weighted by atomic mass is 16.2. The third-order valence-corrected chi connectivity index (χ3v) is 3.78. The molecule has 1 heterocycles. The van der Waals surface area contributed by atoms with E-state index in [9.17, 15) is 4.79 Å². The molecule has 0 saturated heterocycles. The van der Waals surface area contributed by atoms with Gasteiger partial charge in [0.15, 0.2) is 0 Å². The first-order chi connectivity index (χ1) is 8.41. The quantitative estimate of drug-likeness (QED) is 0.855. The number of nitrogens with zero attached hydrogens (tertiary/aromatic N) is 2. The van der Waals surface area contributed by atoms with Crippen LogP contribution in [0.4, 0.5) is 5.69 Å². The van der Waals surface area contributed by atoms with E-state index in [1.807, 2.05) is 18.5 Å². The lowest BCUT2D eigenvalue weighted by atomic mass is 10.1.